The van der Waals surface area contributed by atoms with Crippen molar-refractivity contribution in [1.29, 1.82) is 5.26 Å². The molecule has 0 bridgehead atoms. The highest BCUT2D eigenvalue weighted by Crippen LogP contribution is 2.18. The number of halogens is 1. The Morgan fingerprint density at radius 2 is 2.33 bits per heavy atom. The van der Waals surface area contributed by atoms with Gasteiger partial charge in [-0.05, 0) is 30.5 Å². The summed E-state index contributed by atoms with van der Waals surface area (Å²) in [6, 6.07) is 6.62. The third-order valence-electron chi connectivity index (χ3n) is 3.65. The highest BCUT2D eigenvalue weighted by atomic mass is 35.5. The first-order valence-electron chi connectivity index (χ1n) is 6.75. The fourth-order valence-electron chi connectivity index (χ4n) is 2.36. The smallest absolute Gasteiger partial charge is 0.243 e. The van der Waals surface area contributed by atoms with E-state index < -0.39 is 6.04 Å². The molecule has 1 N–H and O–H groups in total. The van der Waals surface area contributed by atoms with Crippen LogP contribution >= 0.6 is 11.6 Å². The van der Waals surface area contributed by atoms with Crippen molar-refractivity contribution < 1.29 is 9.59 Å². The number of likely N-dealkylation sites (tertiary alicyclic amines) is 1. The van der Waals surface area contributed by atoms with Crippen molar-refractivity contribution in [3.05, 3.63) is 34.3 Å². The number of nitrogens with one attached hydrogen (secondary N) is 1. The van der Waals surface area contributed by atoms with Crippen LogP contribution in [0.2, 0.25) is 5.02 Å². The van der Waals surface area contributed by atoms with Gasteiger partial charge in [0.2, 0.25) is 11.8 Å². The van der Waals surface area contributed by atoms with E-state index in [2.05, 4.69) is 5.32 Å². The number of benzene rings is 1. The summed E-state index contributed by atoms with van der Waals surface area (Å²) in [6.45, 7) is 0.322. The molecule has 110 valence electrons. The number of hydrogen-bond donors (Lipinski definition) is 1. The largest absolute Gasteiger partial charge is 0.350 e. The fraction of sp³-hybridized carbons (Fsp3) is 0.400. The topological polar surface area (TPSA) is 73.2 Å². The standard InChI is InChI=1S/C15H16ClN3O2/c1-19-13(3-2-4-14(19)20)15(21)18-9-10-5-6-11(8-17)12(16)7-10/h5-7,13H,2-4,9H2,1H3,(H,18,21). The molecule has 1 aromatic rings. The van der Waals surface area contributed by atoms with Crippen LogP contribution in [0.3, 0.4) is 0 Å². The first-order valence-corrected chi connectivity index (χ1v) is 7.12. The summed E-state index contributed by atoms with van der Waals surface area (Å²) >= 11 is 5.95. The molecule has 1 fully saturated rings. The quantitative estimate of drug-likeness (QED) is 0.926. The molecule has 6 heteroatoms. The van der Waals surface area contributed by atoms with E-state index in [1.54, 1.807) is 25.2 Å². The molecule has 1 saturated heterocycles. The number of nitrogens with zero attached hydrogens (tertiary/aromatic N) is 2. The van der Waals surface area contributed by atoms with Crippen molar-refractivity contribution in [1.82, 2.24) is 10.2 Å². The third-order valence-corrected chi connectivity index (χ3v) is 3.97. The van der Waals surface area contributed by atoms with E-state index in [0.717, 1.165) is 12.0 Å². The third kappa shape index (κ3) is 3.53. The minimum absolute atomic E-state index is 0.00261. The van der Waals surface area contributed by atoms with Crippen LogP contribution in [-0.2, 0) is 16.1 Å². The van der Waals surface area contributed by atoms with Crippen LogP contribution in [0.4, 0.5) is 0 Å². The van der Waals surface area contributed by atoms with Crippen LogP contribution in [0, 0.1) is 11.3 Å². The molecule has 1 heterocycles. The van der Waals surface area contributed by atoms with Crippen LogP contribution in [-0.4, -0.2) is 29.8 Å². The first-order chi connectivity index (χ1) is 10.0. The molecule has 0 saturated carbocycles. The van der Waals surface area contributed by atoms with Gasteiger partial charge in [-0.25, -0.2) is 0 Å². The highest BCUT2D eigenvalue weighted by molar-refractivity contribution is 6.31. The maximum atomic E-state index is 12.1. The van der Waals surface area contributed by atoms with E-state index in [9.17, 15) is 9.59 Å². The predicted molar refractivity (Wildman–Crippen MR) is 78.4 cm³/mol. The summed E-state index contributed by atoms with van der Waals surface area (Å²) in [5.41, 5.74) is 1.22. The Hall–Kier alpha value is -2.06. The zero-order chi connectivity index (χ0) is 15.4. The second kappa shape index (κ2) is 6.59. The molecule has 0 radical (unpaired) electrons. The highest BCUT2D eigenvalue weighted by Gasteiger charge is 2.30. The Balaban J connectivity index is 1.96. The number of rotatable bonds is 3. The SMILES string of the molecule is CN1C(=O)CCCC1C(=O)NCc1ccc(C#N)c(Cl)c1. The number of carbonyl (C=O) groups excluding carboxylic acids is 2. The molecule has 1 aliphatic heterocycles. The molecular weight excluding hydrogens is 290 g/mol. The zero-order valence-corrected chi connectivity index (χ0v) is 12.5. The van der Waals surface area contributed by atoms with Crippen LogP contribution in [0.5, 0.6) is 0 Å². The molecule has 1 unspecified atom stereocenters. The number of nitriles is 1. The fourth-order valence-corrected chi connectivity index (χ4v) is 2.61. The maximum Gasteiger partial charge on any atom is 0.243 e. The van der Waals surface area contributed by atoms with Gasteiger partial charge < -0.3 is 10.2 Å². The average molecular weight is 306 g/mol. The first kappa shape index (κ1) is 15.3. The summed E-state index contributed by atoms with van der Waals surface area (Å²) in [5.74, 6) is -0.158. The summed E-state index contributed by atoms with van der Waals surface area (Å²) < 4.78 is 0. The second-order valence-corrected chi connectivity index (χ2v) is 5.46. The van der Waals surface area contributed by atoms with Gasteiger partial charge in [-0.3, -0.25) is 9.59 Å². The van der Waals surface area contributed by atoms with Crippen molar-refractivity contribution in [2.24, 2.45) is 0 Å². The Labute approximate surface area is 128 Å². The van der Waals surface area contributed by atoms with Gasteiger partial charge in [0, 0.05) is 20.0 Å². The van der Waals surface area contributed by atoms with Crippen molar-refractivity contribution in [2.75, 3.05) is 7.05 Å². The van der Waals surface area contributed by atoms with Crippen LogP contribution < -0.4 is 5.32 Å². The van der Waals surface area contributed by atoms with Crippen LogP contribution in [0.15, 0.2) is 18.2 Å². The van der Waals surface area contributed by atoms with Gasteiger partial charge >= 0.3 is 0 Å². The van der Waals surface area contributed by atoms with E-state index >= 15 is 0 Å². The van der Waals surface area contributed by atoms with Crippen molar-refractivity contribution in [3.8, 4) is 6.07 Å². The van der Waals surface area contributed by atoms with Crippen molar-refractivity contribution in [2.45, 2.75) is 31.8 Å². The molecule has 1 aliphatic rings. The van der Waals surface area contributed by atoms with Gasteiger partial charge in [0.25, 0.3) is 0 Å². The lowest BCUT2D eigenvalue weighted by molar-refractivity contribution is -0.142. The summed E-state index contributed by atoms with van der Waals surface area (Å²) in [6.07, 6.45) is 1.93. The van der Waals surface area contributed by atoms with E-state index in [4.69, 9.17) is 16.9 Å². The Bertz CT molecular complexity index is 609. The number of hydrogen-bond acceptors (Lipinski definition) is 3. The molecule has 2 rings (SSSR count). The Morgan fingerprint density at radius 3 is 3.00 bits per heavy atom. The molecule has 1 aromatic carbocycles. The zero-order valence-electron chi connectivity index (χ0n) is 11.7. The molecule has 21 heavy (non-hydrogen) atoms. The summed E-state index contributed by atoms with van der Waals surface area (Å²) in [5, 5.41) is 12.0. The minimum Gasteiger partial charge on any atom is -0.350 e. The van der Waals surface area contributed by atoms with E-state index in [-0.39, 0.29) is 11.8 Å². The lowest BCUT2D eigenvalue weighted by Crippen LogP contribution is -2.49. The maximum absolute atomic E-state index is 12.1. The summed E-state index contributed by atoms with van der Waals surface area (Å²) in [4.78, 5) is 25.2. The predicted octanol–water partition coefficient (Wildman–Crippen LogP) is 1.84. The number of piperidine rings is 1. The van der Waals surface area contributed by atoms with Gasteiger partial charge in [-0.2, -0.15) is 5.26 Å². The van der Waals surface area contributed by atoms with Gasteiger partial charge in [0.15, 0.2) is 0 Å². The van der Waals surface area contributed by atoms with Crippen LogP contribution in [0.1, 0.15) is 30.4 Å². The summed E-state index contributed by atoms with van der Waals surface area (Å²) in [7, 11) is 1.66. The normalized spacial score (nSPS) is 18.2. The monoisotopic (exact) mass is 305 g/mol. The average Bonchev–Trinajstić information content (AvgIpc) is 2.47. The Kier molecular flexibility index (Phi) is 4.81. The lowest BCUT2D eigenvalue weighted by Gasteiger charge is -2.31. The number of carbonyl (C=O) groups is 2. The van der Waals surface area contributed by atoms with Crippen molar-refractivity contribution >= 4 is 23.4 Å². The van der Waals surface area contributed by atoms with Gasteiger partial charge in [-0.1, -0.05) is 17.7 Å². The van der Waals surface area contributed by atoms with E-state index in [0.29, 0.717) is 30.0 Å². The number of amides is 2. The number of likely N-dealkylation sites (N-methyl/N-ethyl adjacent to an activating group) is 1. The van der Waals surface area contributed by atoms with Gasteiger partial charge in [-0.15, -0.1) is 0 Å². The Morgan fingerprint density at radius 1 is 1.57 bits per heavy atom. The van der Waals surface area contributed by atoms with E-state index in [1.165, 1.54) is 4.90 Å². The molecule has 0 aliphatic carbocycles. The second-order valence-electron chi connectivity index (χ2n) is 5.06. The molecular formula is C15H16ClN3O2. The molecule has 5 nitrogen and oxygen atoms in total. The van der Waals surface area contributed by atoms with Gasteiger partial charge in [0.05, 0.1) is 10.6 Å². The molecule has 1 atom stereocenters. The molecule has 2 amide bonds. The van der Waals surface area contributed by atoms with Gasteiger partial charge in [0.1, 0.15) is 12.1 Å². The van der Waals surface area contributed by atoms with E-state index in [1.807, 2.05) is 6.07 Å². The lowest BCUT2D eigenvalue weighted by atomic mass is 10.0. The molecule has 0 spiro atoms. The van der Waals surface area contributed by atoms with Crippen molar-refractivity contribution in [3.63, 3.8) is 0 Å². The van der Waals surface area contributed by atoms with Crippen LogP contribution in [0.25, 0.3) is 0 Å². The minimum atomic E-state index is -0.403. The molecule has 0 aromatic heterocycles.